The Hall–Kier alpha value is -4.90. The highest BCUT2D eigenvalue weighted by Crippen LogP contribution is 2.36. The number of hydrogen-bond acceptors (Lipinski definition) is 5. The molecule has 4 rings (SSSR count). The first-order valence-electron chi connectivity index (χ1n) is 11.7. The van der Waals surface area contributed by atoms with Gasteiger partial charge in [-0.1, -0.05) is 66.7 Å². The SMILES string of the molecule is COC(=O)/C=C/c1ccc(N(c2ccc(/C=C/C(=O)OC)cc2)c2ccc(-c3ccccc3)cc2)cc1. The van der Waals surface area contributed by atoms with Crippen molar-refractivity contribution in [2.75, 3.05) is 19.1 Å². The zero-order chi connectivity index (χ0) is 26.0. The van der Waals surface area contributed by atoms with Gasteiger partial charge < -0.3 is 14.4 Å². The van der Waals surface area contributed by atoms with Gasteiger partial charge in [-0.05, 0) is 70.8 Å². The minimum atomic E-state index is -0.398. The number of methoxy groups -OCH3 is 2. The monoisotopic (exact) mass is 489 g/mol. The summed E-state index contributed by atoms with van der Waals surface area (Å²) in [6.07, 6.45) is 6.24. The summed E-state index contributed by atoms with van der Waals surface area (Å²) in [4.78, 5) is 25.0. The van der Waals surface area contributed by atoms with Gasteiger partial charge in [0.05, 0.1) is 14.2 Å². The van der Waals surface area contributed by atoms with E-state index in [1.165, 1.54) is 26.4 Å². The summed E-state index contributed by atoms with van der Waals surface area (Å²) in [6.45, 7) is 0. The van der Waals surface area contributed by atoms with Gasteiger partial charge in [-0.2, -0.15) is 0 Å². The van der Waals surface area contributed by atoms with E-state index in [9.17, 15) is 9.59 Å². The van der Waals surface area contributed by atoms with Crippen LogP contribution in [0.4, 0.5) is 17.1 Å². The molecular formula is C32H27NO4. The number of nitrogens with zero attached hydrogens (tertiary/aromatic N) is 1. The van der Waals surface area contributed by atoms with Crippen LogP contribution in [0, 0.1) is 0 Å². The quantitative estimate of drug-likeness (QED) is 0.194. The average Bonchev–Trinajstić information content (AvgIpc) is 2.97. The van der Waals surface area contributed by atoms with Gasteiger partial charge in [0.2, 0.25) is 0 Å². The summed E-state index contributed by atoms with van der Waals surface area (Å²) in [6, 6.07) is 34.5. The van der Waals surface area contributed by atoms with Gasteiger partial charge in [-0.25, -0.2) is 9.59 Å². The number of anilines is 3. The molecule has 184 valence electrons. The minimum absolute atomic E-state index is 0.398. The van der Waals surface area contributed by atoms with Gasteiger partial charge in [0.1, 0.15) is 0 Å². The maximum Gasteiger partial charge on any atom is 0.330 e. The van der Waals surface area contributed by atoms with E-state index in [4.69, 9.17) is 0 Å². The van der Waals surface area contributed by atoms with Crippen molar-refractivity contribution in [3.8, 4) is 11.1 Å². The number of carbonyl (C=O) groups is 2. The predicted octanol–water partition coefficient (Wildman–Crippen LogP) is 7.20. The molecule has 0 aliphatic heterocycles. The summed E-state index contributed by atoms with van der Waals surface area (Å²) >= 11 is 0. The van der Waals surface area contributed by atoms with Crippen LogP contribution in [-0.2, 0) is 19.1 Å². The molecule has 0 amide bonds. The van der Waals surface area contributed by atoms with Crippen molar-refractivity contribution in [1.29, 1.82) is 0 Å². The number of hydrogen-bond donors (Lipinski definition) is 0. The number of carbonyl (C=O) groups excluding carboxylic acids is 2. The molecule has 0 saturated heterocycles. The van der Waals surface area contributed by atoms with Gasteiger partial charge in [0, 0.05) is 29.2 Å². The summed E-state index contributed by atoms with van der Waals surface area (Å²) in [7, 11) is 2.71. The van der Waals surface area contributed by atoms with Crippen LogP contribution >= 0.6 is 0 Å². The molecule has 4 aromatic rings. The molecular weight excluding hydrogens is 462 g/mol. The lowest BCUT2D eigenvalue weighted by atomic mass is 10.0. The molecule has 0 spiro atoms. The van der Waals surface area contributed by atoms with Gasteiger partial charge in [-0.3, -0.25) is 0 Å². The molecule has 0 bridgehead atoms. The van der Waals surface area contributed by atoms with Crippen molar-refractivity contribution in [2.45, 2.75) is 0 Å². The van der Waals surface area contributed by atoms with Crippen molar-refractivity contribution in [2.24, 2.45) is 0 Å². The average molecular weight is 490 g/mol. The molecule has 0 unspecified atom stereocenters. The van der Waals surface area contributed by atoms with Crippen LogP contribution < -0.4 is 4.90 Å². The second kappa shape index (κ2) is 12.2. The Balaban J connectivity index is 1.68. The number of esters is 2. The zero-order valence-corrected chi connectivity index (χ0v) is 20.7. The Morgan fingerprint density at radius 2 is 0.919 bits per heavy atom. The molecule has 0 radical (unpaired) electrons. The van der Waals surface area contributed by atoms with Crippen LogP contribution in [0.2, 0.25) is 0 Å². The standard InChI is InChI=1S/C32H27NO4/c1-36-31(34)22-12-24-8-16-28(17-9-24)33(29-18-10-25(11-19-29)13-23-32(35)37-2)30-20-14-27(15-21-30)26-6-4-3-5-7-26/h3-23H,1-2H3/b22-12+,23-13+. The first-order chi connectivity index (χ1) is 18.1. The summed E-state index contributed by atoms with van der Waals surface area (Å²) in [5.74, 6) is -0.795. The molecule has 4 aromatic carbocycles. The van der Waals surface area contributed by atoms with E-state index in [0.29, 0.717) is 0 Å². The van der Waals surface area contributed by atoms with E-state index in [1.54, 1.807) is 12.2 Å². The Morgan fingerprint density at radius 3 is 1.32 bits per heavy atom. The Morgan fingerprint density at radius 1 is 0.541 bits per heavy atom. The van der Waals surface area contributed by atoms with E-state index in [0.717, 1.165) is 39.3 Å². The van der Waals surface area contributed by atoms with Crippen LogP contribution in [0.25, 0.3) is 23.3 Å². The van der Waals surface area contributed by atoms with E-state index < -0.39 is 11.9 Å². The molecule has 0 aromatic heterocycles. The summed E-state index contributed by atoms with van der Waals surface area (Å²) < 4.78 is 9.35. The molecule has 0 N–H and O–H groups in total. The molecule has 5 heteroatoms. The highest BCUT2D eigenvalue weighted by Gasteiger charge is 2.13. The number of rotatable bonds is 8. The van der Waals surface area contributed by atoms with E-state index in [2.05, 4.69) is 50.8 Å². The van der Waals surface area contributed by atoms with Crippen LogP contribution in [0.15, 0.2) is 115 Å². The lowest BCUT2D eigenvalue weighted by Gasteiger charge is -2.26. The van der Waals surface area contributed by atoms with Gasteiger partial charge >= 0.3 is 11.9 Å². The van der Waals surface area contributed by atoms with Gasteiger partial charge in [0.25, 0.3) is 0 Å². The lowest BCUT2D eigenvalue weighted by Crippen LogP contribution is -2.09. The highest BCUT2D eigenvalue weighted by molar-refractivity contribution is 5.88. The fourth-order valence-corrected chi connectivity index (χ4v) is 3.81. The third-order valence-corrected chi connectivity index (χ3v) is 5.76. The smallest absolute Gasteiger partial charge is 0.330 e. The lowest BCUT2D eigenvalue weighted by molar-refractivity contribution is -0.135. The topological polar surface area (TPSA) is 55.8 Å². The summed E-state index contributed by atoms with van der Waals surface area (Å²) in [5, 5.41) is 0. The highest BCUT2D eigenvalue weighted by atomic mass is 16.5. The van der Waals surface area contributed by atoms with Gasteiger partial charge in [-0.15, -0.1) is 0 Å². The van der Waals surface area contributed by atoms with Crippen LogP contribution in [0.1, 0.15) is 11.1 Å². The minimum Gasteiger partial charge on any atom is -0.466 e. The van der Waals surface area contributed by atoms with E-state index in [1.807, 2.05) is 66.7 Å². The molecule has 0 atom stereocenters. The molecule has 5 nitrogen and oxygen atoms in total. The van der Waals surface area contributed by atoms with Crippen molar-refractivity contribution >= 4 is 41.2 Å². The van der Waals surface area contributed by atoms with Crippen molar-refractivity contribution in [1.82, 2.24) is 0 Å². The van der Waals surface area contributed by atoms with Crippen molar-refractivity contribution in [3.63, 3.8) is 0 Å². The second-order valence-corrected chi connectivity index (χ2v) is 8.14. The molecule has 37 heavy (non-hydrogen) atoms. The molecule has 0 saturated carbocycles. The summed E-state index contributed by atoms with van der Waals surface area (Å²) in [5.41, 5.74) is 6.98. The maximum absolute atomic E-state index is 11.4. The number of benzene rings is 4. The fourth-order valence-electron chi connectivity index (χ4n) is 3.81. The normalized spacial score (nSPS) is 11.0. The van der Waals surface area contributed by atoms with Gasteiger partial charge in [0.15, 0.2) is 0 Å². The molecule has 0 fully saturated rings. The fraction of sp³-hybridized carbons (Fsp3) is 0.0625. The zero-order valence-electron chi connectivity index (χ0n) is 20.7. The molecule has 0 aliphatic rings. The third kappa shape index (κ3) is 6.61. The first kappa shape index (κ1) is 25.2. The molecule has 0 aliphatic carbocycles. The Labute approximate surface area is 216 Å². The third-order valence-electron chi connectivity index (χ3n) is 5.76. The Bertz CT molecular complexity index is 1320. The molecule has 0 heterocycles. The maximum atomic E-state index is 11.4. The largest absolute Gasteiger partial charge is 0.466 e. The van der Waals surface area contributed by atoms with Crippen LogP contribution in [-0.4, -0.2) is 26.2 Å². The van der Waals surface area contributed by atoms with Crippen LogP contribution in [0.5, 0.6) is 0 Å². The van der Waals surface area contributed by atoms with Crippen molar-refractivity contribution < 1.29 is 19.1 Å². The second-order valence-electron chi connectivity index (χ2n) is 8.14. The number of ether oxygens (including phenoxy) is 2. The Kier molecular flexibility index (Phi) is 8.29. The van der Waals surface area contributed by atoms with Crippen LogP contribution in [0.3, 0.4) is 0 Å². The van der Waals surface area contributed by atoms with E-state index in [-0.39, 0.29) is 0 Å². The predicted molar refractivity (Wildman–Crippen MR) is 149 cm³/mol. The van der Waals surface area contributed by atoms with Crippen molar-refractivity contribution in [3.05, 3.63) is 126 Å². The van der Waals surface area contributed by atoms with E-state index >= 15 is 0 Å². The first-order valence-corrected chi connectivity index (χ1v) is 11.7.